The third-order valence-corrected chi connectivity index (χ3v) is 7.47. The second-order valence-electron chi connectivity index (χ2n) is 7.57. The largest absolute Gasteiger partial charge is 0.497 e. The Labute approximate surface area is 181 Å². The number of methoxy groups -OCH3 is 1. The molecule has 168 valence electrons. The lowest BCUT2D eigenvalue weighted by molar-refractivity contribution is -0.136. The number of rotatable bonds is 8. The van der Waals surface area contributed by atoms with E-state index in [4.69, 9.17) is 4.74 Å². The summed E-state index contributed by atoms with van der Waals surface area (Å²) in [6, 6.07) is 8.13. The quantitative estimate of drug-likeness (QED) is 0.413. The van der Waals surface area contributed by atoms with E-state index < -0.39 is 28.1 Å². The Morgan fingerprint density at radius 1 is 1.16 bits per heavy atom. The van der Waals surface area contributed by atoms with Gasteiger partial charge in [-0.2, -0.15) is 4.31 Å². The van der Waals surface area contributed by atoms with Gasteiger partial charge in [-0.15, -0.1) is 0 Å². The normalized spacial score (nSPS) is 20.3. The number of nitrogens with one attached hydrogen (secondary N) is 1. The van der Waals surface area contributed by atoms with E-state index in [1.165, 1.54) is 31.4 Å². The molecule has 1 aromatic carbocycles. The molecule has 0 bridgehead atoms. The number of amides is 1. The van der Waals surface area contributed by atoms with Gasteiger partial charge in [0, 0.05) is 18.9 Å². The van der Waals surface area contributed by atoms with Crippen LogP contribution in [-0.2, 0) is 21.4 Å². The van der Waals surface area contributed by atoms with E-state index in [9.17, 15) is 23.5 Å². The van der Waals surface area contributed by atoms with Crippen molar-refractivity contribution in [3.63, 3.8) is 0 Å². The van der Waals surface area contributed by atoms with Gasteiger partial charge in [-0.3, -0.25) is 15.0 Å². The van der Waals surface area contributed by atoms with E-state index in [-0.39, 0.29) is 17.4 Å². The number of pyridine rings is 1. The molecule has 0 unspecified atom stereocenters. The van der Waals surface area contributed by atoms with E-state index in [0.29, 0.717) is 37.0 Å². The Balaban J connectivity index is 2.05. The molecule has 0 radical (unpaired) electrons. The summed E-state index contributed by atoms with van der Waals surface area (Å²) in [5, 5.41) is 19.3. The number of benzene rings is 1. The maximum Gasteiger partial charge on any atom is 0.262 e. The Bertz CT molecular complexity index is 960. The molecule has 1 heterocycles. The Hall–Kier alpha value is -2.53. The molecule has 1 aromatic heterocycles. The van der Waals surface area contributed by atoms with Gasteiger partial charge in [0.15, 0.2) is 0 Å². The maximum atomic E-state index is 13.7. The van der Waals surface area contributed by atoms with Crippen LogP contribution in [0.25, 0.3) is 0 Å². The van der Waals surface area contributed by atoms with Gasteiger partial charge >= 0.3 is 0 Å². The molecule has 0 aliphatic heterocycles. The highest BCUT2D eigenvalue weighted by Crippen LogP contribution is 2.33. The van der Waals surface area contributed by atoms with Gasteiger partial charge in [-0.25, -0.2) is 13.9 Å². The fourth-order valence-corrected chi connectivity index (χ4v) is 5.58. The lowest BCUT2D eigenvalue weighted by atomic mass is 9.82. The van der Waals surface area contributed by atoms with Crippen molar-refractivity contribution in [2.45, 2.75) is 49.3 Å². The number of hydrogen-bond donors (Lipinski definition) is 3. The van der Waals surface area contributed by atoms with Gasteiger partial charge in [-0.1, -0.05) is 0 Å². The van der Waals surface area contributed by atoms with Crippen molar-refractivity contribution in [1.82, 2.24) is 14.8 Å². The Morgan fingerprint density at radius 3 is 2.32 bits per heavy atom. The van der Waals surface area contributed by atoms with Gasteiger partial charge in [0.1, 0.15) is 11.8 Å². The first kappa shape index (κ1) is 23.1. The van der Waals surface area contributed by atoms with Crippen molar-refractivity contribution in [1.29, 1.82) is 0 Å². The van der Waals surface area contributed by atoms with Crippen LogP contribution in [0.1, 0.15) is 31.2 Å². The minimum atomic E-state index is -4.12. The highest BCUT2D eigenvalue weighted by molar-refractivity contribution is 7.89. The van der Waals surface area contributed by atoms with Crippen molar-refractivity contribution < 1.29 is 28.3 Å². The topological polar surface area (TPSA) is 129 Å². The van der Waals surface area contributed by atoms with Gasteiger partial charge < -0.3 is 9.84 Å². The summed E-state index contributed by atoms with van der Waals surface area (Å²) in [6.45, 7) is -0.0754. The van der Waals surface area contributed by atoms with Crippen LogP contribution in [0.4, 0.5) is 0 Å². The Morgan fingerprint density at radius 2 is 1.77 bits per heavy atom. The van der Waals surface area contributed by atoms with E-state index in [1.54, 1.807) is 30.0 Å². The SMILES string of the molecule is COc1ccc(S(=O)(=O)N(Cc2ccncc2)[C@@H](C(=O)NO)C2CCC(O)CC2)cc1. The zero-order valence-corrected chi connectivity index (χ0v) is 18.0. The second-order valence-corrected chi connectivity index (χ2v) is 9.46. The summed E-state index contributed by atoms with van der Waals surface area (Å²) in [5.74, 6) is -0.650. The molecular weight excluding hydrogens is 422 g/mol. The van der Waals surface area contributed by atoms with Crippen LogP contribution in [0.3, 0.4) is 0 Å². The minimum Gasteiger partial charge on any atom is -0.497 e. The maximum absolute atomic E-state index is 13.7. The first-order valence-electron chi connectivity index (χ1n) is 10.0. The number of hydroxylamine groups is 1. The van der Waals surface area contributed by atoms with Gasteiger partial charge in [0.25, 0.3) is 5.91 Å². The number of aliphatic hydroxyl groups is 1. The van der Waals surface area contributed by atoms with Crippen molar-refractivity contribution >= 4 is 15.9 Å². The highest BCUT2D eigenvalue weighted by Gasteiger charge is 2.42. The van der Waals surface area contributed by atoms with Crippen LogP contribution >= 0.6 is 0 Å². The number of aliphatic hydroxyl groups excluding tert-OH is 1. The standard InChI is InChI=1S/C21H27N3O6S/c1-30-18-6-8-19(9-7-18)31(28,29)24(14-15-10-12-22-13-11-15)20(21(26)23-27)16-2-4-17(25)5-3-16/h6-13,16-17,20,25,27H,2-5,14H2,1H3,(H,23,26)/t16?,17?,20-/m1/s1. The molecule has 1 aliphatic carbocycles. The summed E-state index contributed by atoms with van der Waals surface area (Å²) in [6.07, 6.45) is 4.48. The molecule has 9 nitrogen and oxygen atoms in total. The van der Waals surface area contributed by atoms with Gasteiger partial charge in [0.05, 0.1) is 18.1 Å². The summed E-state index contributed by atoms with van der Waals surface area (Å²) < 4.78 is 33.6. The van der Waals surface area contributed by atoms with Gasteiger partial charge in [0.2, 0.25) is 10.0 Å². The van der Waals surface area contributed by atoms with Crippen molar-refractivity contribution in [3.8, 4) is 5.75 Å². The zero-order chi connectivity index (χ0) is 22.4. The molecule has 1 atom stereocenters. The van der Waals surface area contributed by atoms with Crippen LogP contribution in [0.15, 0.2) is 53.7 Å². The fourth-order valence-electron chi connectivity index (χ4n) is 3.95. The molecule has 0 spiro atoms. The average molecular weight is 450 g/mol. The van der Waals surface area contributed by atoms with Crippen LogP contribution in [-0.4, -0.2) is 53.2 Å². The average Bonchev–Trinajstić information content (AvgIpc) is 2.80. The van der Waals surface area contributed by atoms with Crippen LogP contribution < -0.4 is 10.2 Å². The smallest absolute Gasteiger partial charge is 0.262 e. The predicted molar refractivity (Wildman–Crippen MR) is 112 cm³/mol. The molecule has 3 N–H and O–H groups in total. The number of sulfonamides is 1. The summed E-state index contributed by atoms with van der Waals surface area (Å²) in [4.78, 5) is 16.7. The molecule has 1 amide bonds. The molecule has 3 rings (SSSR count). The highest BCUT2D eigenvalue weighted by atomic mass is 32.2. The van der Waals surface area contributed by atoms with E-state index >= 15 is 0 Å². The van der Waals surface area contributed by atoms with Crippen LogP contribution in [0.5, 0.6) is 5.75 Å². The second kappa shape index (κ2) is 10.2. The van der Waals surface area contributed by atoms with Crippen LogP contribution in [0, 0.1) is 5.92 Å². The predicted octanol–water partition coefficient (Wildman–Crippen LogP) is 1.71. The Kier molecular flexibility index (Phi) is 7.60. The first-order valence-corrected chi connectivity index (χ1v) is 11.5. The number of ether oxygens (including phenoxy) is 1. The number of nitrogens with zero attached hydrogens (tertiary/aromatic N) is 2. The number of carbonyl (C=O) groups is 1. The van der Waals surface area contributed by atoms with Crippen LogP contribution in [0.2, 0.25) is 0 Å². The number of aromatic nitrogens is 1. The third kappa shape index (κ3) is 5.40. The molecule has 1 aliphatic rings. The van der Waals surface area contributed by atoms with Crippen molar-refractivity contribution in [3.05, 3.63) is 54.4 Å². The molecule has 0 saturated heterocycles. The zero-order valence-electron chi connectivity index (χ0n) is 17.2. The summed E-state index contributed by atoms with van der Waals surface area (Å²) in [7, 11) is -2.63. The van der Waals surface area contributed by atoms with E-state index in [2.05, 4.69) is 4.98 Å². The lowest BCUT2D eigenvalue weighted by Gasteiger charge is -2.37. The first-order chi connectivity index (χ1) is 14.9. The van der Waals surface area contributed by atoms with E-state index in [0.717, 1.165) is 4.31 Å². The van der Waals surface area contributed by atoms with Crippen molar-refractivity contribution in [2.75, 3.05) is 7.11 Å². The number of carbonyl (C=O) groups excluding carboxylic acids is 1. The summed E-state index contributed by atoms with van der Waals surface area (Å²) >= 11 is 0. The lowest BCUT2D eigenvalue weighted by Crippen LogP contribution is -2.53. The fraction of sp³-hybridized carbons (Fsp3) is 0.429. The third-order valence-electron chi connectivity index (χ3n) is 5.63. The molecule has 31 heavy (non-hydrogen) atoms. The van der Waals surface area contributed by atoms with Crippen molar-refractivity contribution in [2.24, 2.45) is 5.92 Å². The monoisotopic (exact) mass is 449 g/mol. The molecule has 2 aromatic rings. The molecule has 1 saturated carbocycles. The molecule has 10 heteroatoms. The molecular formula is C21H27N3O6S. The summed E-state index contributed by atoms with van der Waals surface area (Å²) in [5.41, 5.74) is 2.29. The number of hydrogen-bond acceptors (Lipinski definition) is 7. The molecule has 1 fully saturated rings. The van der Waals surface area contributed by atoms with E-state index in [1.807, 2.05) is 0 Å². The minimum absolute atomic E-state index is 0.00828. The van der Waals surface area contributed by atoms with Gasteiger partial charge in [-0.05, 0) is 73.6 Å².